The summed E-state index contributed by atoms with van der Waals surface area (Å²) in [6.45, 7) is 8.74. The van der Waals surface area contributed by atoms with Crippen molar-refractivity contribution in [3.05, 3.63) is 35.9 Å². The summed E-state index contributed by atoms with van der Waals surface area (Å²) in [5.41, 5.74) is 0.769. The molecule has 0 amide bonds. The molecule has 0 radical (unpaired) electrons. The van der Waals surface area contributed by atoms with Crippen molar-refractivity contribution in [2.24, 2.45) is 5.92 Å². The fraction of sp³-hybridized carbons (Fsp3) is 0.625. The summed E-state index contributed by atoms with van der Waals surface area (Å²) in [4.78, 5) is 2.34. The summed E-state index contributed by atoms with van der Waals surface area (Å²) in [5.74, 6) is 0.630. The maximum absolute atomic E-state index is 10.5. The summed E-state index contributed by atoms with van der Waals surface area (Å²) in [6.07, 6.45) is 0.866. The van der Waals surface area contributed by atoms with Crippen molar-refractivity contribution in [1.82, 2.24) is 10.2 Å². The third kappa shape index (κ3) is 4.60. The molecule has 2 N–H and O–H groups in total. The van der Waals surface area contributed by atoms with Crippen molar-refractivity contribution >= 4 is 0 Å². The molecule has 1 heterocycles. The molecule has 0 saturated carbocycles. The predicted octanol–water partition coefficient (Wildman–Crippen LogP) is 1.87. The Morgan fingerprint density at radius 3 is 2.74 bits per heavy atom. The molecule has 1 aliphatic heterocycles. The Balaban J connectivity index is 1.78. The molecule has 0 spiro atoms. The molecule has 1 unspecified atom stereocenters. The zero-order valence-electron chi connectivity index (χ0n) is 12.1. The molecule has 1 saturated heterocycles. The van der Waals surface area contributed by atoms with Crippen LogP contribution in [-0.4, -0.2) is 41.8 Å². The van der Waals surface area contributed by atoms with Crippen LogP contribution < -0.4 is 5.32 Å². The quantitative estimate of drug-likeness (QED) is 0.821. The average molecular weight is 262 g/mol. The number of nitrogens with one attached hydrogen (secondary N) is 1. The van der Waals surface area contributed by atoms with Crippen molar-refractivity contribution in [3.8, 4) is 0 Å². The molecule has 106 valence electrons. The highest BCUT2D eigenvalue weighted by atomic mass is 16.3. The van der Waals surface area contributed by atoms with Crippen molar-refractivity contribution < 1.29 is 5.11 Å². The van der Waals surface area contributed by atoms with Crippen LogP contribution in [0.3, 0.4) is 0 Å². The summed E-state index contributed by atoms with van der Waals surface area (Å²) in [5, 5.41) is 13.9. The maximum Gasteiger partial charge on any atom is 0.0909 e. The number of aliphatic hydroxyl groups is 1. The van der Waals surface area contributed by atoms with Crippen LogP contribution in [0.15, 0.2) is 30.3 Å². The van der Waals surface area contributed by atoms with Gasteiger partial charge in [0, 0.05) is 26.2 Å². The number of hydrogen-bond acceptors (Lipinski definition) is 3. The maximum atomic E-state index is 10.5. The number of β-amino-alcohol motifs (C(OH)–C–C–N with tert-alkyl or cyclic N) is 1. The zero-order chi connectivity index (χ0) is 13.7. The zero-order valence-corrected chi connectivity index (χ0v) is 12.1. The van der Waals surface area contributed by atoms with Gasteiger partial charge in [0.25, 0.3) is 0 Å². The summed E-state index contributed by atoms with van der Waals surface area (Å²) < 4.78 is 0. The van der Waals surface area contributed by atoms with Gasteiger partial charge < -0.3 is 10.4 Å². The van der Waals surface area contributed by atoms with E-state index < -0.39 is 5.60 Å². The minimum absolute atomic E-state index is 0.552. The largest absolute Gasteiger partial charge is 0.387 e. The molecule has 1 aromatic carbocycles. The molecule has 2 rings (SSSR count). The SMILES string of the molecule is CC(C)CNCC1(O)CCN(Cc2ccccc2)C1. The Hall–Kier alpha value is -0.900. The molecule has 0 bridgehead atoms. The van der Waals surface area contributed by atoms with Crippen LogP contribution in [-0.2, 0) is 6.54 Å². The lowest BCUT2D eigenvalue weighted by Crippen LogP contribution is -2.43. The van der Waals surface area contributed by atoms with Crippen molar-refractivity contribution in [2.45, 2.75) is 32.4 Å². The highest BCUT2D eigenvalue weighted by Gasteiger charge is 2.35. The van der Waals surface area contributed by atoms with Gasteiger partial charge in [-0.2, -0.15) is 0 Å². The van der Waals surface area contributed by atoms with E-state index >= 15 is 0 Å². The van der Waals surface area contributed by atoms with Crippen molar-refractivity contribution in [2.75, 3.05) is 26.2 Å². The number of rotatable bonds is 6. The van der Waals surface area contributed by atoms with E-state index in [0.29, 0.717) is 12.5 Å². The fourth-order valence-corrected chi connectivity index (χ4v) is 2.65. The number of nitrogens with zero attached hydrogens (tertiary/aromatic N) is 1. The van der Waals surface area contributed by atoms with E-state index in [2.05, 4.69) is 48.3 Å². The molecule has 1 aliphatic rings. The average Bonchev–Trinajstić information content (AvgIpc) is 2.72. The molecule has 19 heavy (non-hydrogen) atoms. The van der Waals surface area contributed by atoms with Crippen LogP contribution >= 0.6 is 0 Å². The number of benzene rings is 1. The second-order valence-corrected chi connectivity index (χ2v) is 6.20. The predicted molar refractivity (Wildman–Crippen MR) is 79.0 cm³/mol. The van der Waals surface area contributed by atoms with E-state index in [1.165, 1.54) is 5.56 Å². The van der Waals surface area contributed by atoms with Gasteiger partial charge in [0.2, 0.25) is 0 Å². The Kier molecular flexibility index (Phi) is 4.97. The van der Waals surface area contributed by atoms with Crippen LogP contribution in [0.4, 0.5) is 0 Å². The fourth-order valence-electron chi connectivity index (χ4n) is 2.65. The number of likely N-dealkylation sites (tertiary alicyclic amines) is 1. The molecule has 1 atom stereocenters. The van der Waals surface area contributed by atoms with Crippen molar-refractivity contribution in [1.29, 1.82) is 0 Å². The van der Waals surface area contributed by atoms with E-state index in [9.17, 15) is 5.11 Å². The molecule has 3 nitrogen and oxygen atoms in total. The number of hydrogen-bond donors (Lipinski definition) is 2. The lowest BCUT2D eigenvalue weighted by molar-refractivity contribution is 0.0479. The Bertz CT molecular complexity index is 380. The minimum atomic E-state index is -0.552. The highest BCUT2D eigenvalue weighted by molar-refractivity contribution is 5.15. The lowest BCUT2D eigenvalue weighted by atomic mass is 10.0. The molecule has 0 aliphatic carbocycles. The van der Waals surface area contributed by atoms with Gasteiger partial charge in [-0.15, -0.1) is 0 Å². The third-order valence-corrected chi connectivity index (χ3v) is 3.67. The first-order chi connectivity index (χ1) is 9.07. The Morgan fingerprint density at radius 2 is 2.05 bits per heavy atom. The van der Waals surface area contributed by atoms with Gasteiger partial charge >= 0.3 is 0 Å². The molecule has 1 aromatic rings. The molecule has 3 heteroatoms. The first-order valence-electron chi connectivity index (χ1n) is 7.27. The van der Waals surface area contributed by atoms with Crippen LogP contribution in [0.2, 0.25) is 0 Å². The van der Waals surface area contributed by atoms with Gasteiger partial charge in [-0.3, -0.25) is 4.90 Å². The van der Waals surface area contributed by atoms with Gasteiger partial charge in [-0.25, -0.2) is 0 Å². The van der Waals surface area contributed by atoms with E-state index in [1.807, 2.05) is 6.07 Å². The molecular formula is C16H26N2O. The van der Waals surface area contributed by atoms with Crippen LogP contribution in [0.1, 0.15) is 25.8 Å². The van der Waals surface area contributed by atoms with Crippen molar-refractivity contribution in [3.63, 3.8) is 0 Å². The Labute approximate surface area is 116 Å². The van der Waals surface area contributed by atoms with Gasteiger partial charge in [0.05, 0.1) is 5.60 Å². The van der Waals surface area contributed by atoms with Gasteiger partial charge in [-0.05, 0) is 24.4 Å². The first-order valence-corrected chi connectivity index (χ1v) is 7.27. The van der Waals surface area contributed by atoms with E-state index in [4.69, 9.17) is 0 Å². The standard InChI is InChI=1S/C16H26N2O/c1-14(2)10-17-12-16(19)8-9-18(13-16)11-15-6-4-3-5-7-15/h3-7,14,17,19H,8-13H2,1-2H3. The second-order valence-electron chi connectivity index (χ2n) is 6.20. The summed E-state index contributed by atoms with van der Waals surface area (Å²) in [6, 6.07) is 10.5. The van der Waals surface area contributed by atoms with E-state index in [1.54, 1.807) is 0 Å². The highest BCUT2D eigenvalue weighted by Crippen LogP contribution is 2.22. The Morgan fingerprint density at radius 1 is 1.32 bits per heavy atom. The van der Waals surface area contributed by atoms with Crippen LogP contribution in [0.5, 0.6) is 0 Å². The van der Waals surface area contributed by atoms with E-state index in [0.717, 1.165) is 32.6 Å². The normalized spacial score (nSPS) is 24.2. The first kappa shape index (κ1) is 14.5. The van der Waals surface area contributed by atoms with Crippen LogP contribution in [0, 0.1) is 5.92 Å². The topological polar surface area (TPSA) is 35.5 Å². The molecule has 1 fully saturated rings. The third-order valence-electron chi connectivity index (χ3n) is 3.67. The van der Waals surface area contributed by atoms with Gasteiger partial charge in [-0.1, -0.05) is 44.2 Å². The van der Waals surface area contributed by atoms with Gasteiger partial charge in [0.1, 0.15) is 0 Å². The molecule has 0 aromatic heterocycles. The summed E-state index contributed by atoms with van der Waals surface area (Å²) in [7, 11) is 0. The molecular weight excluding hydrogens is 236 g/mol. The van der Waals surface area contributed by atoms with Gasteiger partial charge in [0.15, 0.2) is 0 Å². The smallest absolute Gasteiger partial charge is 0.0909 e. The monoisotopic (exact) mass is 262 g/mol. The summed E-state index contributed by atoms with van der Waals surface area (Å²) >= 11 is 0. The second kappa shape index (κ2) is 6.51. The van der Waals surface area contributed by atoms with Crippen LogP contribution in [0.25, 0.3) is 0 Å². The minimum Gasteiger partial charge on any atom is -0.387 e. The van der Waals surface area contributed by atoms with E-state index in [-0.39, 0.29) is 0 Å². The lowest BCUT2D eigenvalue weighted by Gasteiger charge is -2.24.